The number of H-pyrrole nitrogens is 1. The summed E-state index contributed by atoms with van der Waals surface area (Å²) >= 11 is 1.28. The number of carbonyl (C=O) groups excluding carboxylic acids is 2. The predicted octanol–water partition coefficient (Wildman–Crippen LogP) is 0.343. The minimum absolute atomic E-state index is 0.0140. The van der Waals surface area contributed by atoms with Gasteiger partial charge in [-0.2, -0.15) is 0 Å². The Hall–Kier alpha value is -2.68. The van der Waals surface area contributed by atoms with Gasteiger partial charge in [-0.1, -0.05) is 0 Å². The van der Waals surface area contributed by atoms with Gasteiger partial charge in [0.25, 0.3) is 11.5 Å². The van der Waals surface area contributed by atoms with Crippen molar-refractivity contribution in [3.05, 3.63) is 49.1 Å². The van der Waals surface area contributed by atoms with E-state index in [4.69, 9.17) is 5.73 Å². The molecule has 8 nitrogen and oxygen atoms in total. The van der Waals surface area contributed by atoms with Crippen LogP contribution in [-0.2, 0) is 11.3 Å². The molecule has 0 aliphatic rings. The monoisotopic (exact) mass is 336 g/mol. The van der Waals surface area contributed by atoms with Crippen LogP contribution in [0.2, 0.25) is 0 Å². The molecule has 0 spiro atoms. The Morgan fingerprint density at radius 3 is 2.65 bits per heavy atom. The van der Waals surface area contributed by atoms with Gasteiger partial charge in [-0.3, -0.25) is 19.4 Å². The van der Waals surface area contributed by atoms with Gasteiger partial charge in [0.15, 0.2) is 0 Å². The first kappa shape index (κ1) is 16.7. The molecule has 0 radical (unpaired) electrons. The molecule has 0 bridgehead atoms. The number of amides is 2. The molecule has 0 aliphatic heterocycles. The van der Waals surface area contributed by atoms with E-state index in [1.54, 1.807) is 6.92 Å². The summed E-state index contributed by atoms with van der Waals surface area (Å²) in [4.78, 5) is 49.0. The number of carbonyl (C=O) groups is 2. The molecule has 122 valence electrons. The molecule has 2 aromatic heterocycles. The number of rotatable bonds is 5. The zero-order valence-electron chi connectivity index (χ0n) is 12.6. The second-order valence-corrected chi connectivity index (χ2v) is 6.18. The van der Waals surface area contributed by atoms with Crippen LogP contribution in [0.3, 0.4) is 0 Å². The average Bonchev–Trinajstić information content (AvgIpc) is 2.72. The molecule has 0 aromatic carbocycles. The zero-order valence-corrected chi connectivity index (χ0v) is 13.5. The molecule has 2 amide bonds. The highest BCUT2D eigenvalue weighted by Gasteiger charge is 2.18. The van der Waals surface area contributed by atoms with Crippen molar-refractivity contribution in [1.29, 1.82) is 0 Å². The van der Waals surface area contributed by atoms with Crippen molar-refractivity contribution in [1.82, 2.24) is 9.55 Å². The van der Waals surface area contributed by atoms with E-state index in [1.807, 2.05) is 6.92 Å². The van der Waals surface area contributed by atoms with E-state index in [0.29, 0.717) is 10.6 Å². The molecule has 0 unspecified atom stereocenters. The van der Waals surface area contributed by atoms with Crippen molar-refractivity contribution in [2.24, 2.45) is 5.73 Å². The van der Waals surface area contributed by atoms with Gasteiger partial charge >= 0.3 is 5.69 Å². The molecule has 0 aliphatic carbocycles. The minimum Gasteiger partial charge on any atom is -0.365 e. The molecule has 0 fully saturated rings. The molecule has 4 N–H and O–H groups in total. The van der Waals surface area contributed by atoms with E-state index >= 15 is 0 Å². The Balaban J connectivity index is 2.09. The number of primary amides is 1. The van der Waals surface area contributed by atoms with Crippen LogP contribution in [0, 0.1) is 13.8 Å². The van der Waals surface area contributed by atoms with E-state index in [-0.39, 0.29) is 18.9 Å². The Kier molecular flexibility index (Phi) is 4.80. The highest BCUT2D eigenvalue weighted by Crippen LogP contribution is 2.32. The molecule has 23 heavy (non-hydrogen) atoms. The van der Waals surface area contributed by atoms with Crippen LogP contribution in [0.1, 0.15) is 27.2 Å². The molecule has 0 atom stereocenters. The highest BCUT2D eigenvalue weighted by atomic mass is 32.1. The Morgan fingerprint density at radius 2 is 2.04 bits per heavy atom. The quantitative estimate of drug-likeness (QED) is 0.727. The Labute approximate surface area is 135 Å². The summed E-state index contributed by atoms with van der Waals surface area (Å²) in [5.74, 6) is -0.953. The SMILES string of the molecule is Cc1sc(NC(=O)CCn2ccc(=O)[nH]c2=O)c(C(N)=O)c1C. The number of nitrogens with zero attached hydrogens (tertiary/aromatic N) is 1. The lowest BCUT2D eigenvalue weighted by molar-refractivity contribution is -0.116. The first-order chi connectivity index (χ1) is 10.8. The van der Waals surface area contributed by atoms with Gasteiger partial charge in [-0.15, -0.1) is 11.3 Å². The van der Waals surface area contributed by atoms with E-state index in [0.717, 1.165) is 10.4 Å². The second-order valence-electron chi connectivity index (χ2n) is 4.95. The largest absolute Gasteiger partial charge is 0.365 e. The maximum absolute atomic E-state index is 12.0. The van der Waals surface area contributed by atoms with Crippen molar-refractivity contribution in [3.63, 3.8) is 0 Å². The number of nitrogens with one attached hydrogen (secondary N) is 2. The summed E-state index contributed by atoms with van der Waals surface area (Å²) in [5.41, 5.74) is 5.32. The number of hydrogen-bond donors (Lipinski definition) is 3. The van der Waals surface area contributed by atoms with Crippen molar-refractivity contribution >= 4 is 28.2 Å². The van der Waals surface area contributed by atoms with Gasteiger partial charge in [0, 0.05) is 30.1 Å². The molecule has 2 aromatic rings. The van der Waals surface area contributed by atoms with E-state index < -0.39 is 17.2 Å². The number of aromatic amines is 1. The lowest BCUT2D eigenvalue weighted by Crippen LogP contribution is -2.29. The van der Waals surface area contributed by atoms with Gasteiger partial charge in [-0.25, -0.2) is 4.79 Å². The summed E-state index contributed by atoms with van der Waals surface area (Å²) in [7, 11) is 0. The zero-order chi connectivity index (χ0) is 17.1. The van der Waals surface area contributed by atoms with Gasteiger partial charge < -0.3 is 15.6 Å². The third-order valence-corrected chi connectivity index (χ3v) is 4.48. The topological polar surface area (TPSA) is 127 Å². The fourth-order valence-corrected chi connectivity index (χ4v) is 3.13. The van der Waals surface area contributed by atoms with E-state index in [9.17, 15) is 19.2 Å². The Morgan fingerprint density at radius 1 is 1.35 bits per heavy atom. The number of thiophene rings is 1. The number of anilines is 1. The number of hydrogen-bond acceptors (Lipinski definition) is 5. The predicted molar refractivity (Wildman–Crippen MR) is 86.9 cm³/mol. The molecule has 2 heterocycles. The maximum atomic E-state index is 12.0. The van der Waals surface area contributed by atoms with E-state index in [2.05, 4.69) is 10.3 Å². The molecule has 2 rings (SSSR count). The molecule has 0 saturated heterocycles. The first-order valence-electron chi connectivity index (χ1n) is 6.79. The average molecular weight is 336 g/mol. The van der Waals surface area contributed by atoms with Crippen LogP contribution in [0.25, 0.3) is 0 Å². The van der Waals surface area contributed by atoms with Crippen molar-refractivity contribution in [3.8, 4) is 0 Å². The first-order valence-corrected chi connectivity index (χ1v) is 7.60. The van der Waals surface area contributed by atoms with E-state index in [1.165, 1.54) is 28.2 Å². The number of aromatic nitrogens is 2. The smallest absolute Gasteiger partial charge is 0.328 e. The minimum atomic E-state index is -0.598. The van der Waals surface area contributed by atoms with Crippen LogP contribution in [0.4, 0.5) is 5.00 Å². The summed E-state index contributed by atoms with van der Waals surface area (Å²) in [6.07, 6.45) is 1.34. The van der Waals surface area contributed by atoms with Gasteiger partial charge in [-0.05, 0) is 19.4 Å². The molecular weight excluding hydrogens is 320 g/mol. The fourth-order valence-electron chi connectivity index (χ4n) is 2.04. The van der Waals surface area contributed by atoms with Crippen molar-refractivity contribution < 1.29 is 9.59 Å². The van der Waals surface area contributed by atoms with Crippen LogP contribution >= 0.6 is 11.3 Å². The lowest BCUT2D eigenvalue weighted by atomic mass is 10.1. The Bertz CT molecular complexity index is 878. The van der Waals surface area contributed by atoms with Crippen LogP contribution < -0.4 is 22.3 Å². The second kappa shape index (κ2) is 6.61. The third kappa shape index (κ3) is 3.75. The van der Waals surface area contributed by atoms with Crippen LogP contribution in [-0.4, -0.2) is 21.4 Å². The van der Waals surface area contributed by atoms with Gasteiger partial charge in [0.05, 0.1) is 5.56 Å². The number of aryl methyl sites for hydroxylation is 2. The van der Waals surface area contributed by atoms with Crippen LogP contribution in [0.15, 0.2) is 21.9 Å². The van der Waals surface area contributed by atoms with Crippen molar-refractivity contribution in [2.75, 3.05) is 5.32 Å². The summed E-state index contributed by atoms with van der Waals surface area (Å²) in [6, 6.07) is 1.20. The van der Waals surface area contributed by atoms with Gasteiger partial charge in [0.2, 0.25) is 5.91 Å². The summed E-state index contributed by atoms with van der Waals surface area (Å²) in [6.45, 7) is 3.71. The lowest BCUT2D eigenvalue weighted by Gasteiger charge is -2.06. The molecule has 9 heteroatoms. The standard InChI is InChI=1S/C14H16N4O4S/c1-7-8(2)23-13(11(7)12(15)21)16-9(19)3-5-18-6-4-10(20)17-14(18)22/h4,6H,3,5H2,1-2H3,(H2,15,21)(H,16,19)(H,17,20,22). The van der Waals surface area contributed by atoms with Gasteiger partial charge in [0.1, 0.15) is 5.00 Å². The summed E-state index contributed by atoms with van der Waals surface area (Å²) in [5, 5.41) is 3.05. The summed E-state index contributed by atoms with van der Waals surface area (Å²) < 4.78 is 1.22. The normalized spacial score (nSPS) is 10.5. The highest BCUT2D eigenvalue weighted by molar-refractivity contribution is 7.16. The number of nitrogens with two attached hydrogens (primary N) is 1. The molecular formula is C14H16N4O4S. The van der Waals surface area contributed by atoms with Crippen LogP contribution in [0.5, 0.6) is 0 Å². The third-order valence-electron chi connectivity index (χ3n) is 3.36. The maximum Gasteiger partial charge on any atom is 0.328 e. The van der Waals surface area contributed by atoms with Crippen molar-refractivity contribution in [2.45, 2.75) is 26.8 Å². The fraction of sp³-hybridized carbons (Fsp3) is 0.286. The molecule has 0 saturated carbocycles.